The predicted molar refractivity (Wildman–Crippen MR) is 95.6 cm³/mol. The Morgan fingerprint density at radius 1 is 1.04 bits per heavy atom. The van der Waals surface area contributed by atoms with E-state index in [0.29, 0.717) is 41.3 Å². The second-order valence-electron chi connectivity index (χ2n) is 5.84. The molecule has 3 aromatic rings. The van der Waals surface area contributed by atoms with Crippen LogP contribution in [0.5, 0.6) is 23.0 Å². The van der Waals surface area contributed by atoms with Gasteiger partial charge in [-0.25, -0.2) is 4.98 Å². The van der Waals surface area contributed by atoms with Gasteiger partial charge >= 0.3 is 0 Å². The number of aromatic nitrogens is 1. The van der Waals surface area contributed by atoms with Crippen LogP contribution in [0.4, 0.5) is 5.13 Å². The van der Waals surface area contributed by atoms with Crippen LogP contribution < -0.4 is 24.3 Å². The van der Waals surface area contributed by atoms with Gasteiger partial charge in [0.1, 0.15) is 19.8 Å². The third-order valence-corrected chi connectivity index (χ3v) is 5.02. The highest BCUT2D eigenvalue weighted by Crippen LogP contribution is 2.38. The van der Waals surface area contributed by atoms with E-state index in [1.807, 2.05) is 30.3 Å². The van der Waals surface area contributed by atoms with E-state index in [0.717, 1.165) is 10.2 Å². The Balaban J connectivity index is 1.35. The minimum Gasteiger partial charge on any atom is -0.486 e. The number of anilines is 1. The van der Waals surface area contributed by atoms with Crippen LogP contribution in [-0.4, -0.2) is 36.8 Å². The minimum absolute atomic E-state index is 0.156. The number of rotatable bonds is 2. The van der Waals surface area contributed by atoms with E-state index < -0.39 is 6.10 Å². The Kier molecular flexibility index (Phi) is 3.56. The molecular formula is C18H14N2O5S. The Bertz CT molecular complexity index is 959. The lowest BCUT2D eigenvalue weighted by Crippen LogP contribution is -2.40. The van der Waals surface area contributed by atoms with Gasteiger partial charge in [0.25, 0.3) is 5.91 Å². The number of benzene rings is 2. The molecule has 0 fully saturated rings. The smallest absolute Gasteiger partial charge is 0.270 e. The molecule has 1 atom stereocenters. The molecule has 0 unspecified atom stereocenters. The third-order valence-electron chi connectivity index (χ3n) is 4.08. The molecule has 1 amide bonds. The Morgan fingerprint density at radius 2 is 1.81 bits per heavy atom. The van der Waals surface area contributed by atoms with Crippen LogP contribution in [0, 0.1) is 0 Å². The van der Waals surface area contributed by atoms with Crippen LogP contribution >= 0.6 is 11.3 Å². The molecule has 2 aromatic carbocycles. The van der Waals surface area contributed by atoms with Gasteiger partial charge in [0.2, 0.25) is 6.10 Å². The molecule has 3 heterocycles. The molecule has 1 N–H and O–H groups in total. The van der Waals surface area contributed by atoms with Crippen LogP contribution in [-0.2, 0) is 4.79 Å². The van der Waals surface area contributed by atoms with Crippen LogP contribution in [0.2, 0.25) is 0 Å². The van der Waals surface area contributed by atoms with Gasteiger partial charge in [-0.15, -0.1) is 0 Å². The summed E-state index contributed by atoms with van der Waals surface area (Å²) in [5.41, 5.74) is 0.751. The van der Waals surface area contributed by atoms with Gasteiger partial charge in [-0.3, -0.25) is 10.1 Å². The summed E-state index contributed by atoms with van der Waals surface area (Å²) in [6.07, 6.45) is -0.725. The van der Waals surface area contributed by atoms with Crippen molar-refractivity contribution < 1.29 is 23.7 Å². The van der Waals surface area contributed by atoms with Crippen LogP contribution in [0.1, 0.15) is 0 Å². The van der Waals surface area contributed by atoms with E-state index >= 15 is 0 Å². The van der Waals surface area contributed by atoms with Crippen molar-refractivity contribution in [2.75, 3.05) is 25.1 Å². The molecule has 132 valence electrons. The van der Waals surface area contributed by atoms with Crippen molar-refractivity contribution in [2.24, 2.45) is 0 Å². The highest BCUT2D eigenvalue weighted by molar-refractivity contribution is 7.22. The lowest BCUT2D eigenvalue weighted by molar-refractivity contribution is -0.125. The first-order valence-corrected chi connectivity index (χ1v) is 8.97. The van der Waals surface area contributed by atoms with E-state index in [1.54, 1.807) is 6.07 Å². The molecule has 0 aliphatic carbocycles. The number of nitrogens with one attached hydrogen (secondary N) is 1. The maximum absolute atomic E-state index is 12.5. The summed E-state index contributed by atoms with van der Waals surface area (Å²) in [5, 5.41) is 3.30. The SMILES string of the molecule is O=C(Nc1nc2cc3c(cc2s1)OCCO3)[C@@H]1COc2ccccc2O1. The first-order chi connectivity index (χ1) is 12.8. The zero-order valence-electron chi connectivity index (χ0n) is 13.6. The average Bonchev–Trinajstić information content (AvgIpc) is 3.06. The number of hydrogen-bond acceptors (Lipinski definition) is 7. The lowest BCUT2D eigenvalue weighted by Gasteiger charge is -2.25. The van der Waals surface area contributed by atoms with Crippen molar-refractivity contribution in [2.45, 2.75) is 6.10 Å². The fraction of sp³-hybridized carbons (Fsp3) is 0.222. The molecule has 8 heteroatoms. The number of thiazole rings is 1. The summed E-state index contributed by atoms with van der Waals surface area (Å²) < 4.78 is 23.4. The first kappa shape index (κ1) is 15.3. The van der Waals surface area contributed by atoms with Gasteiger partial charge in [0.15, 0.2) is 28.1 Å². The van der Waals surface area contributed by atoms with Gasteiger partial charge < -0.3 is 18.9 Å². The third kappa shape index (κ3) is 2.68. The molecule has 7 nitrogen and oxygen atoms in total. The second-order valence-corrected chi connectivity index (χ2v) is 6.87. The quantitative estimate of drug-likeness (QED) is 0.747. The molecule has 26 heavy (non-hydrogen) atoms. The minimum atomic E-state index is -0.725. The molecule has 0 bridgehead atoms. The first-order valence-electron chi connectivity index (χ1n) is 8.16. The normalized spacial score (nSPS) is 17.8. The number of nitrogens with zero attached hydrogens (tertiary/aromatic N) is 1. The number of ether oxygens (including phenoxy) is 4. The second kappa shape index (κ2) is 6.06. The predicted octanol–water partition coefficient (Wildman–Crippen LogP) is 2.85. The zero-order valence-corrected chi connectivity index (χ0v) is 14.4. The van der Waals surface area contributed by atoms with Crippen molar-refractivity contribution in [1.82, 2.24) is 4.98 Å². The number of hydrogen-bond donors (Lipinski definition) is 1. The van der Waals surface area contributed by atoms with Gasteiger partial charge in [0, 0.05) is 12.1 Å². The van der Waals surface area contributed by atoms with E-state index in [-0.39, 0.29) is 12.5 Å². The zero-order chi connectivity index (χ0) is 17.5. The van der Waals surface area contributed by atoms with Crippen molar-refractivity contribution >= 4 is 32.6 Å². The maximum Gasteiger partial charge on any atom is 0.270 e. The van der Waals surface area contributed by atoms with Gasteiger partial charge in [-0.2, -0.15) is 0 Å². The van der Waals surface area contributed by atoms with E-state index in [2.05, 4.69) is 10.3 Å². The molecule has 0 saturated carbocycles. The number of amides is 1. The summed E-state index contributed by atoms with van der Waals surface area (Å²) in [7, 11) is 0. The van der Waals surface area contributed by atoms with Gasteiger partial charge in [0.05, 0.1) is 10.2 Å². The van der Waals surface area contributed by atoms with Crippen molar-refractivity contribution in [3.05, 3.63) is 36.4 Å². The Morgan fingerprint density at radius 3 is 2.65 bits per heavy atom. The average molecular weight is 370 g/mol. The summed E-state index contributed by atoms with van der Waals surface area (Å²) in [6, 6.07) is 11.0. The number of carbonyl (C=O) groups excluding carboxylic acids is 1. The topological polar surface area (TPSA) is 78.9 Å². The van der Waals surface area contributed by atoms with Crippen LogP contribution in [0.15, 0.2) is 36.4 Å². The van der Waals surface area contributed by atoms with Gasteiger partial charge in [-0.05, 0) is 12.1 Å². The van der Waals surface area contributed by atoms with Crippen molar-refractivity contribution in [1.29, 1.82) is 0 Å². The van der Waals surface area contributed by atoms with Crippen LogP contribution in [0.3, 0.4) is 0 Å². The summed E-state index contributed by atoms with van der Waals surface area (Å²) in [4.78, 5) is 17.0. The molecule has 2 aliphatic rings. The molecule has 0 saturated heterocycles. The van der Waals surface area contributed by atoms with Crippen molar-refractivity contribution in [3.8, 4) is 23.0 Å². The Labute approximate surface area is 152 Å². The molecule has 2 aliphatic heterocycles. The lowest BCUT2D eigenvalue weighted by atomic mass is 10.2. The number of para-hydroxylation sites is 2. The molecule has 0 spiro atoms. The summed E-state index contributed by atoms with van der Waals surface area (Å²) in [5.74, 6) is 2.28. The maximum atomic E-state index is 12.5. The monoisotopic (exact) mass is 370 g/mol. The summed E-state index contributed by atoms with van der Waals surface area (Å²) in [6.45, 7) is 1.21. The van der Waals surface area contributed by atoms with E-state index in [9.17, 15) is 4.79 Å². The largest absolute Gasteiger partial charge is 0.486 e. The molecular weight excluding hydrogens is 356 g/mol. The standard InChI is InChI=1S/C18H14N2O5S/c21-17(15-9-24-11-3-1-2-4-12(11)25-15)20-18-19-10-7-13-14(8-16(10)26-18)23-6-5-22-13/h1-4,7-8,15H,5-6,9H2,(H,19,20,21)/t15-/m0/s1. The number of carbonyl (C=O) groups is 1. The Hall–Kier alpha value is -3.00. The van der Waals surface area contributed by atoms with Gasteiger partial charge in [-0.1, -0.05) is 23.5 Å². The molecule has 0 radical (unpaired) electrons. The molecule has 5 rings (SSSR count). The highest BCUT2D eigenvalue weighted by Gasteiger charge is 2.28. The molecule has 1 aromatic heterocycles. The van der Waals surface area contributed by atoms with E-state index in [1.165, 1.54) is 11.3 Å². The van der Waals surface area contributed by atoms with E-state index in [4.69, 9.17) is 18.9 Å². The number of fused-ring (bicyclic) bond motifs is 3. The fourth-order valence-electron chi connectivity index (χ4n) is 2.85. The van der Waals surface area contributed by atoms with Crippen molar-refractivity contribution in [3.63, 3.8) is 0 Å². The summed E-state index contributed by atoms with van der Waals surface area (Å²) >= 11 is 1.37. The fourth-order valence-corrected chi connectivity index (χ4v) is 3.73. The highest BCUT2D eigenvalue weighted by atomic mass is 32.1. The van der Waals surface area contributed by atoms with Crippen LogP contribution in [0.25, 0.3) is 10.2 Å².